The van der Waals surface area contributed by atoms with E-state index >= 15 is 0 Å². The molecular weight excluding hydrogens is 1060 g/mol. The van der Waals surface area contributed by atoms with E-state index in [1.807, 2.05) is 44.4 Å². The maximum Gasteiger partial charge on any atom is 0.0379 e. The molecule has 0 unspecified atom stereocenters. The molecule has 67 heavy (non-hydrogen) atoms. The van der Waals surface area contributed by atoms with Crippen molar-refractivity contribution in [3.63, 3.8) is 0 Å². The molecule has 0 amide bonds. The van der Waals surface area contributed by atoms with E-state index in [2.05, 4.69) is 174 Å². The quantitative estimate of drug-likeness (QED) is 0.130. The van der Waals surface area contributed by atoms with Crippen molar-refractivity contribution in [1.29, 1.82) is 0 Å². The molecule has 0 fully saturated rings. The van der Waals surface area contributed by atoms with E-state index in [9.17, 15) is 4.39 Å². The van der Waals surface area contributed by atoms with Gasteiger partial charge < -0.3 is 4.98 Å². The van der Waals surface area contributed by atoms with Gasteiger partial charge >= 0.3 is 311 Å². The van der Waals surface area contributed by atoms with E-state index in [0.29, 0.717) is 0 Å². The summed E-state index contributed by atoms with van der Waals surface area (Å²) in [5.41, 5.74) is 21.1. The number of hydrogen-bond donors (Lipinski definition) is 0. The van der Waals surface area contributed by atoms with Crippen LogP contribution in [-0.2, 0) is 36.4 Å². The Balaban J connectivity index is 0.000000300. The molecule has 2 aliphatic heterocycles. The molecule has 0 spiro atoms. The second kappa shape index (κ2) is 17.3. The van der Waals surface area contributed by atoms with E-state index in [0.717, 1.165) is 28.1 Å². The third kappa shape index (κ3) is 8.59. The van der Waals surface area contributed by atoms with Crippen LogP contribution < -0.4 is 25.3 Å². The topological polar surface area (TPSA) is 30.7 Å². The molecule has 0 bridgehead atoms. The van der Waals surface area contributed by atoms with Crippen LogP contribution in [0.4, 0.5) is 4.39 Å². The van der Waals surface area contributed by atoms with Crippen LogP contribution in [0.2, 0.25) is 0 Å². The third-order valence-corrected chi connectivity index (χ3v) is 15.9. The second-order valence-electron chi connectivity index (χ2n) is 21.3. The number of rotatable bonds is 3. The molecule has 5 heterocycles. The first-order valence-corrected chi connectivity index (χ1v) is 24.7. The Morgan fingerprint density at radius 3 is 2.00 bits per heavy atom. The largest absolute Gasteiger partial charge is 0.304 e. The van der Waals surface area contributed by atoms with Crippen LogP contribution >= 0.6 is 0 Å². The van der Waals surface area contributed by atoms with Crippen molar-refractivity contribution in [2.75, 3.05) is 0 Å². The van der Waals surface area contributed by atoms with Gasteiger partial charge in [0.05, 0.1) is 0 Å². The molecule has 11 rings (SSSR count). The van der Waals surface area contributed by atoms with Crippen LogP contribution in [0.15, 0.2) is 134 Å². The minimum Gasteiger partial charge on any atom is -0.304 e. The van der Waals surface area contributed by atoms with Crippen molar-refractivity contribution in [1.82, 2.24) is 14.5 Å². The predicted molar refractivity (Wildman–Crippen MR) is 278 cm³/mol. The van der Waals surface area contributed by atoms with Gasteiger partial charge in [-0.2, -0.15) is 0 Å². The summed E-state index contributed by atoms with van der Waals surface area (Å²) in [5.74, 6) is -0.275. The smallest absolute Gasteiger partial charge is 0.0379 e. The van der Waals surface area contributed by atoms with Crippen molar-refractivity contribution < 1.29 is 24.5 Å². The van der Waals surface area contributed by atoms with Crippen molar-refractivity contribution in [2.24, 2.45) is 0 Å². The van der Waals surface area contributed by atoms with Gasteiger partial charge in [0, 0.05) is 32.1 Å². The van der Waals surface area contributed by atoms with Crippen molar-refractivity contribution >= 4 is 68.8 Å². The van der Waals surface area contributed by atoms with Gasteiger partial charge in [0.1, 0.15) is 0 Å². The van der Waals surface area contributed by atoms with Gasteiger partial charge in [-0.3, -0.25) is 4.39 Å². The zero-order valence-electron chi connectivity index (χ0n) is 40.2. The van der Waals surface area contributed by atoms with E-state index in [4.69, 9.17) is 0 Å². The fourth-order valence-corrected chi connectivity index (χ4v) is 12.0. The maximum atomic E-state index is 12.7. The van der Waals surface area contributed by atoms with Crippen molar-refractivity contribution in [3.05, 3.63) is 179 Å². The molecular formula is C60H55BFIrN3Se-2. The molecule has 3 nitrogen and oxygen atoms in total. The first-order valence-electron chi connectivity index (χ1n) is 23.0. The number of aromatic nitrogens is 3. The van der Waals surface area contributed by atoms with Crippen LogP contribution in [0.5, 0.6) is 0 Å². The number of hydrogen-bond acceptors (Lipinski definition) is 2. The fraction of sp³-hybridized carbons (Fsp3) is 0.233. The first kappa shape index (κ1) is 46.7. The van der Waals surface area contributed by atoms with Crippen LogP contribution in [-0.4, -0.2) is 36.2 Å². The van der Waals surface area contributed by atoms with Crippen LogP contribution in [0, 0.1) is 31.8 Å². The Morgan fingerprint density at radius 1 is 0.597 bits per heavy atom. The number of fused-ring (bicyclic) bond motifs is 7. The van der Waals surface area contributed by atoms with Crippen LogP contribution in [0.1, 0.15) is 90.1 Å². The molecule has 6 aromatic carbocycles. The molecule has 0 atom stereocenters. The number of pyridine rings is 2. The Kier molecular flexibility index (Phi) is 12.0. The van der Waals surface area contributed by atoms with Gasteiger partial charge in [-0.15, -0.1) is 29.8 Å². The summed E-state index contributed by atoms with van der Waals surface area (Å²) >= 11 is 0.160. The van der Waals surface area contributed by atoms with Gasteiger partial charge in [0.15, 0.2) is 0 Å². The van der Waals surface area contributed by atoms with Gasteiger partial charge in [-0.05, 0) is 25.1 Å². The average Bonchev–Trinajstić information content (AvgIpc) is 3.62. The zero-order chi connectivity index (χ0) is 46.4. The number of halogens is 1. The summed E-state index contributed by atoms with van der Waals surface area (Å²) < 4.78 is 18.3. The summed E-state index contributed by atoms with van der Waals surface area (Å²) in [7, 11) is 0. The fourth-order valence-electron chi connectivity index (χ4n) is 9.47. The minimum atomic E-state index is -0.275. The maximum absolute atomic E-state index is 12.7. The summed E-state index contributed by atoms with van der Waals surface area (Å²) in [6.45, 7) is 25.3. The van der Waals surface area contributed by atoms with Gasteiger partial charge in [0.2, 0.25) is 0 Å². The predicted octanol–water partition coefficient (Wildman–Crippen LogP) is 11.3. The van der Waals surface area contributed by atoms with E-state index in [-0.39, 0.29) is 63.8 Å². The molecule has 0 aliphatic carbocycles. The molecule has 9 aromatic rings. The Labute approximate surface area is 416 Å². The molecule has 0 saturated heterocycles. The second-order valence-corrected chi connectivity index (χ2v) is 23.5. The van der Waals surface area contributed by atoms with E-state index in [1.165, 1.54) is 98.3 Å². The average molecular weight is 1120 g/mol. The molecule has 337 valence electrons. The Bertz CT molecular complexity index is 3370. The summed E-state index contributed by atoms with van der Waals surface area (Å²) in [5, 5.41) is 2.72. The molecule has 0 N–H and O–H groups in total. The van der Waals surface area contributed by atoms with Crippen LogP contribution in [0.3, 0.4) is 0 Å². The van der Waals surface area contributed by atoms with E-state index < -0.39 is 0 Å². The van der Waals surface area contributed by atoms with Crippen molar-refractivity contribution in [2.45, 2.75) is 92.4 Å². The Hall–Kier alpha value is -5.42. The molecule has 7 heteroatoms. The number of benzene rings is 6. The van der Waals surface area contributed by atoms with Crippen LogP contribution in [0.25, 0.3) is 61.1 Å². The standard InChI is InChI=1S/C47H44BN2Se.C13H11FN.Ir/c1-45(2,3)31-16-18-39-34(24-31)35-25-33(47(7,8)9)27-37-44(35)50(39)40-22-30(28-13-12-14-29(21-28)38-15-10-11-20-49-38)23-42-43(40)48(37)36-26-32(46(4,5)6)17-19-41(36)51-42;1-9-7-13(15-8-10(9)2)11-3-5-12(14)6-4-11;/h10-13,15-27H,1-9H3;3,5-8H,1-2H3;/q2*-1;. The van der Waals surface area contributed by atoms with Gasteiger partial charge in [-0.1, -0.05) is 11.6 Å². The monoisotopic (exact) mass is 1120 g/mol. The number of aryl methyl sites for hydroxylation is 2. The molecule has 1 radical (unpaired) electrons. The third-order valence-electron chi connectivity index (χ3n) is 13.5. The number of nitrogens with zero attached hydrogens (tertiary/aromatic N) is 3. The van der Waals surface area contributed by atoms with E-state index in [1.54, 1.807) is 6.07 Å². The zero-order valence-corrected chi connectivity index (χ0v) is 44.3. The molecule has 0 saturated carbocycles. The SMILES string of the molecule is CC(C)(C)c1ccc2c(c1)B1c3c(cc(-c4cc[c-]c(-c5ccccn5)c4)cc3-n3c4ccc(C(C)(C)C)cc4c4cc(C(C)(C)C)cc1c43)[Se]2.Cc1cnc(-c2[c-]cc(F)cc2)cc1C.[Ir]. The summed E-state index contributed by atoms with van der Waals surface area (Å²) in [6, 6.07) is 50.0. The first-order chi connectivity index (χ1) is 31.3. The minimum absolute atomic E-state index is 0. The van der Waals surface area contributed by atoms with Gasteiger partial charge in [0.25, 0.3) is 0 Å². The summed E-state index contributed by atoms with van der Waals surface area (Å²) in [4.78, 5) is 8.94. The van der Waals surface area contributed by atoms with Crippen molar-refractivity contribution in [3.8, 4) is 39.3 Å². The molecule has 3 aromatic heterocycles. The Morgan fingerprint density at radius 2 is 1.31 bits per heavy atom. The normalized spacial score (nSPS) is 12.9. The van der Waals surface area contributed by atoms with Gasteiger partial charge in [-0.25, -0.2) is 0 Å². The summed E-state index contributed by atoms with van der Waals surface area (Å²) in [6.07, 6.45) is 3.68. The molecule has 2 aliphatic rings.